The number of cyclic esters (lactones) is 1. The van der Waals surface area contributed by atoms with Crippen LogP contribution < -0.4 is 0 Å². The third-order valence-electron chi connectivity index (χ3n) is 3.78. The number of rotatable bonds is 11. The molecule has 0 aromatic heterocycles. The van der Waals surface area contributed by atoms with E-state index >= 15 is 0 Å². The van der Waals surface area contributed by atoms with Gasteiger partial charge in [0.25, 0.3) is 0 Å². The van der Waals surface area contributed by atoms with Crippen molar-refractivity contribution >= 4 is 18.0 Å². The molecular formula is C18H22O5. The molecule has 0 amide bonds. The molecule has 23 heavy (non-hydrogen) atoms. The fraction of sp³-hybridized carbons (Fsp3) is 0.500. The largest absolute Gasteiger partial charge is 0.462 e. The summed E-state index contributed by atoms with van der Waals surface area (Å²) in [6.07, 6.45) is 3.00. The zero-order valence-electron chi connectivity index (χ0n) is 13.1. The van der Waals surface area contributed by atoms with Gasteiger partial charge in [0.15, 0.2) is 0 Å². The molecule has 0 bridgehead atoms. The lowest BCUT2D eigenvalue weighted by Gasteiger charge is -2.29. The average Bonchev–Trinajstić information content (AvgIpc) is 2.52. The number of hydrogen-bond acceptors (Lipinski definition) is 5. The zero-order chi connectivity index (χ0) is 16.5. The Balaban J connectivity index is 1.82. The van der Waals surface area contributed by atoms with Crippen LogP contribution in [0.25, 0.3) is 0 Å². The lowest BCUT2D eigenvalue weighted by Crippen LogP contribution is -2.36. The molecule has 2 rings (SSSR count). The molecule has 0 N–H and O–H groups in total. The van der Waals surface area contributed by atoms with E-state index in [1.807, 2.05) is 30.3 Å². The fourth-order valence-electron chi connectivity index (χ4n) is 2.52. The van der Waals surface area contributed by atoms with Gasteiger partial charge in [0.05, 0.1) is 19.1 Å². The Kier molecular flexibility index (Phi) is 6.94. The summed E-state index contributed by atoms with van der Waals surface area (Å²) in [7, 11) is 0. The smallest absolute Gasteiger partial charge is 0.309 e. The summed E-state index contributed by atoms with van der Waals surface area (Å²) in [5.74, 6) is -0.121. The van der Waals surface area contributed by atoms with Crippen LogP contribution in [-0.2, 0) is 30.5 Å². The quantitative estimate of drug-likeness (QED) is 0.356. The summed E-state index contributed by atoms with van der Waals surface area (Å²) >= 11 is 0. The molecule has 1 saturated heterocycles. The molecular weight excluding hydrogens is 296 g/mol. The number of ketones is 1. The minimum atomic E-state index is -0.267. The molecule has 0 aliphatic carbocycles. The van der Waals surface area contributed by atoms with Gasteiger partial charge in [-0.15, -0.1) is 0 Å². The van der Waals surface area contributed by atoms with Crippen LogP contribution in [0.5, 0.6) is 0 Å². The van der Waals surface area contributed by atoms with Crippen LogP contribution in [0.2, 0.25) is 0 Å². The number of ether oxygens (including phenoxy) is 2. The van der Waals surface area contributed by atoms with Gasteiger partial charge in [-0.1, -0.05) is 30.3 Å². The maximum Gasteiger partial charge on any atom is 0.309 e. The van der Waals surface area contributed by atoms with E-state index in [0.717, 1.165) is 11.8 Å². The summed E-state index contributed by atoms with van der Waals surface area (Å²) in [6, 6.07) is 9.74. The Hall–Kier alpha value is -2.01. The lowest BCUT2D eigenvalue weighted by atomic mass is 9.99. The van der Waals surface area contributed by atoms with Crippen LogP contribution in [-0.4, -0.2) is 30.2 Å². The van der Waals surface area contributed by atoms with Crippen molar-refractivity contribution in [2.75, 3.05) is 0 Å². The highest BCUT2D eigenvalue weighted by Crippen LogP contribution is 2.22. The standard InChI is InChI=1S/C18H22O5/c19-9-5-4-8-15(20)10-16(11-17-12-18(21)23-17)22-13-14-6-2-1-3-7-14/h1-3,6-7,9,16-17H,4-5,8,10-13H2/t16-,17+/m1/s1. The molecule has 5 heteroatoms. The van der Waals surface area contributed by atoms with Gasteiger partial charge >= 0.3 is 5.97 Å². The highest BCUT2D eigenvalue weighted by molar-refractivity contribution is 5.79. The molecule has 0 radical (unpaired) electrons. The molecule has 124 valence electrons. The molecule has 1 aliphatic rings. The minimum Gasteiger partial charge on any atom is -0.462 e. The first kappa shape index (κ1) is 17.3. The van der Waals surface area contributed by atoms with Gasteiger partial charge in [0, 0.05) is 25.7 Å². The first-order chi connectivity index (χ1) is 11.2. The van der Waals surface area contributed by atoms with Crippen LogP contribution in [0, 0.1) is 0 Å². The van der Waals surface area contributed by atoms with E-state index < -0.39 is 0 Å². The van der Waals surface area contributed by atoms with Gasteiger partial charge in [0.1, 0.15) is 18.2 Å². The Morgan fingerprint density at radius 3 is 2.74 bits per heavy atom. The monoisotopic (exact) mass is 318 g/mol. The van der Waals surface area contributed by atoms with Gasteiger partial charge in [-0.2, -0.15) is 0 Å². The van der Waals surface area contributed by atoms with E-state index in [4.69, 9.17) is 9.47 Å². The number of Topliss-reactive ketones (excluding diaryl/α,β-unsaturated/α-hetero) is 1. The maximum absolute atomic E-state index is 12.0. The van der Waals surface area contributed by atoms with Gasteiger partial charge in [-0.05, 0) is 12.0 Å². The molecule has 0 unspecified atom stereocenters. The fourth-order valence-corrected chi connectivity index (χ4v) is 2.52. The van der Waals surface area contributed by atoms with Gasteiger partial charge < -0.3 is 14.3 Å². The van der Waals surface area contributed by atoms with Gasteiger partial charge in [0.2, 0.25) is 0 Å². The van der Waals surface area contributed by atoms with Gasteiger partial charge in [-0.3, -0.25) is 9.59 Å². The highest BCUT2D eigenvalue weighted by Gasteiger charge is 2.31. The molecule has 5 nitrogen and oxygen atoms in total. The van der Waals surface area contributed by atoms with Crippen molar-refractivity contribution in [2.24, 2.45) is 0 Å². The van der Waals surface area contributed by atoms with Crippen molar-refractivity contribution in [3.05, 3.63) is 35.9 Å². The van der Waals surface area contributed by atoms with Crippen molar-refractivity contribution in [1.29, 1.82) is 0 Å². The highest BCUT2D eigenvalue weighted by atomic mass is 16.6. The maximum atomic E-state index is 12.0. The van der Waals surface area contributed by atoms with Crippen LogP contribution in [0.4, 0.5) is 0 Å². The number of unbranched alkanes of at least 4 members (excludes halogenated alkanes) is 1. The van der Waals surface area contributed by atoms with E-state index in [2.05, 4.69) is 0 Å². The van der Waals surface area contributed by atoms with E-state index in [1.54, 1.807) is 0 Å². The van der Waals surface area contributed by atoms with Crippen LogP contribution in [0.1, 0.15) is 44.1 Å². The summed E-state index contributed by atoms with van der Waals surface area (Å²) in [5, 5.41) is 0. The topological polar surface area (TPSA) is 69.7 Å². The first-order valence-corrected chi connectivity index (χ1v) is 7.97. The second kappa shape index (κ2) is 9.20. The number of aldehydes is 1. The zero-order valence-corrected chi connectivity index (χ0v) is 13.1. The van der Waals surface area contributed by atoms with Crippen molar-refractivity contribution < 1.29 is 23.9 Å². The Labute approximate surface area is 136 Å². The number of hydrogen-bond donors (Lipinski definition) is 0. The molecule has 1 fully saturated rings. The van der Waals surface area contributed by atoms with Crippen molar-refractivity contribution in [3.63, 3.8) is 0 Å². The lowest BCUT2D eigenvalue weighted by molar-refractivity contribution is -0.173. The Bertz CT molecular complexity index is 517. The molecule has 1 aromatic rings. The predicted octanol–water partition coefficient (Wildman–Crippen LogP) is 2.61. The third-order valence-corrected chi connectivity index (χ3v) is 3.78. The molecule has 1 aliphatic heterocycles. The summed E-state index contributed by atoms with van der Waals surface area (Å²) in [6.45, 7) is 0.424. The summed E-state index contributed by atoms with van der Waals surface area (Å²) < 4.78 is 10.9. The van der Waals surface area contributed by atoms with E-state index in [-0.39, 0.29) is 24.0 Å². The van der Waals surface area contributed by atoms with E-state index in [0.29, 0.717) is 45.1 Å². The van der Waals surface area contributed by atoms with Crippen molar-refractivity contribution in [2.45, 2.75) is 57.3 Å². The first-order valence-electron chi connectivity index (χ1n) is 7.97. The molecule has 1 heterocycles. The average molecular weight is 318 g/mol. The summed E-state index contributed by atoms with van der Waals surface area (Å²) in [4.78, 5) is 33.2. The predicted molar refractivity (Wildman–Crippen MR) is 83.7 cm³/mol. The minimum absolute atomic E-state index is 0.0792. The second-order valence-electron chi connectivity index (χ2n) is 5.77. The number of benzene rings is 1. The Morgan fingerprint density at radius 2 is 2.09 bits per heavy atom. The van der Waals surface area contributed by atoms with Crippen LogP contribution in [0.15, 0.2) is 30.3 Å². The number of carbonyl (C=O) groups is 3. The van der Waals surface area contributed by atoms with Crippen molar-refractivity contribution in [3.8, 4) is 0 Å². The summed E-state index contributed by atoms with van der Waals surface area (Å²) in [5.41, 5.74) is 1.04. The molecule has 0 spiro atoms. The Morgan fingerprint density at radius 1 is 1.35 bits per heavy atom. The molecule has 1 aromatic carbocycles. The van der Waals surface area contributed by atoms with Crippen molar-refractivity contribution in [1.82, 2.24) is 0 Å². The molecule has 2 atom stereocenters. The van der Waals surface area contributed by atoms with Crippen LogP contribution in [0.3, 0.4) is 0 Å². The number of carbonyl (C=O) groups excluding carboxylic acids is 3. The van der Waals surface area contributed by atoms with E-state index in [1.165, 1.54) is 0 Å². The van der Waals surface area contributed by atoms with E-state index in [9.17, 15) is 14.4 Å². The van der Waals surface area contributed by atoms with Crippen LogP contribution >= 0.6 is 0 Å². The van der Waals surface area contributed by atoms with Gasteiger partial charge in [-0.25, -0.2) is 0 Å². The number of esters is 1. The SMILES string of the molecule is O=CCCCC(=O)C[C@H](C[C@H]1CC(=O)O1)OCc1ccccc1. The second-order valence-corrected chi connectivity index (χ2v) is 5.77. The third kappa shape index (κ3) is 6.32. The molecule has 0 saturated carbocycles. The normalized spacial score (nSPS) is 17.9.